The molecule has 0 saturated heterocycles. The van der Waals surface area contributed by atoms with Crippen LogP contribution in [0.5, 0.6) is 5.75 Å². The summed E-state index contributed by atoms with van der Waals surface area (Å²) >= 11 is 0. The van der Waals surface area contributed by atoms with Crippen LogP contribution in [-0.2, 0) is 6.42 Å². The van der Waals surface area contributed by atoms with Crippen LogP contribution in [0.2, 0.25) is 0 Å². The molecule has 0 fully saturated rings. The molecule has 0 aliphatic carbocycles. The quantitative estimate of drug-likeness (QED) is 0.695. The normalized spacial score (nSPS) is 10.0. The standard InChI is InChI=1S/C20H24O3.C2H6/c1-5-9-23-19-13(3)10-17(11-14(19)4)16-7-8-18(20(21)22)15(6-2)12-16;1-2/h7-8,10-12H,5-6,9H2,1-4H3,(H,21,22);1-2H3. The van der Waals surface area contributed by atoms with Gasteiger partial charge in [0.05, 0.1) is 12.2 Å². The van der Waals surface area contributed by atoms with Crippen LogP contribution in [0.25, 0.3) is 11.1 Å². The predicted octanol–water partition coefficient (Wildman–Crippen LogP) is 6.05. The highest BCUT2D eigenvalue weighted by Gasteiger charge is 2.12. The van der Waals surface area contributed by atoms with Crippen molar-refractivity contribution in [1.82, 2.24) is 0 Å². The molecular formula is C22H30O3. The summed E-state index contributed by atoms with van der Waals surface area (Å²) in [6.45, 7) is 12.9. The largest absolute Gasteiger partial charge is 0.493 e. The van der Waals surface area contributed by atoms with Crippen LogP contribution in [0.1, 0.15) is 61.2 Å². The highest BCUT2D eigenvalue weighted by Crippen LogP contribution is 2.31. The molecule has 0 aliphatic rings. The minimum atomic E-state index is -0.871. The van der Waals surface area contributed by atoms with Gasteiger partial charge in [0.1, 0.15) is 5.75 Å². The predicted molar refractivity (Wildman–Crippen MR) is 105 cm³/mol. The van der Waals surface area contributed by atoms with Crippen molar-refractivity contribution in [3.8, 4) is 16.9 Å². The Bertz CT molecular complexity index is 694. The third-order valence-corrected chi connectivity index (χ3v) is 3.96. The SMILES string of the molecule is CC.CCCOc1c(C)cc(-c2ccc(C(=O)O)c(CC)c2)cc1C. The zero-order valence-electron chi connectivity index (χ0n) is 16.3. The van der Waals surface area contributed by atoms with E-state index < -0.39 is 5.97 Å². The molecule has 0 spiro atoms. The molecule has 25 heavy (non-hydrogen) atoms. The Labute approximate surface area is 151 Å². The number of hydrogen-bond donors (Lipinski definition) is 1. The van der Waals surface area contributed by atoms with Crippen LogP contribution in [0.3, 0.4) is 0 Å². The lowest BCUT2D eigenvalue weighted by Gasteiger charge is -2.14. The van der Waals surface area contributed by atoms with Gasteiger partial charge in [0.15, 0.2) is 0 Å². The summed E-state index contributed by atoms with van der Waals surface area (Å²) in [6.07, 6.45) is 1.68. The lowest BCUT2D eigenvalue weighted by Crippen LogP contribution is -2.02. The number of carboxylic acid groups (broad SMARTS) is 1. The van der Waals surface area contributed by atoms with Crippen LogP contribution in [0.4, 0.5) is 0 Å². The molecule has 0 atom stereocenters. The minimum Gasteiger partial charge on any atom is -0.493 e. The smallest absolute Gasteiger partial charge is 0.335 e. The summed E-state index contributed by atoms with van der Waals surface area (Å²) in [5.41, 5.74) is 5.59. The summed E-state index contributed by atoms with van der Waals surface area (Å²) in [4.78, 5) is 11.3. The summed E-state index contributed by atoms with van der Waals surface area (Å²) in [5.74, 6) is 0.0811. The van der Waals surface area contributed by atoms with Crippen LogP contribution in [0.15, 0.2) is 30.3 Å². The molecule has 3 nitrogen and oxygen atoms in total. The Balaban J connectivity index is 0.00000151. The van der Waals surface area contributed by atoms with Gasteiger partial charge in [-0.15, -0.1) is 0 Å². The molecule has 2 rings (SSSR count). The van der Waals surface area contributed by atoms with Gasteiger partial charge in [-0.2, -0.15) is 0 Å². The molecule has 0 radical (unpaired) electrons. The third kappa shape index (κ3) is 5.09. The molecule has 2 aromatic carbocycles. The molecule has 1 N–H and O–H groups in total. The fourth-order valence-corrected chi connectivity index (χ4v) is 2.82. The molecule has 2 aromatic rings. The van der Waals surface area contributed by atoms with Crippen molar-refractivity contribution in [1.29, 1.82) is 0 Å². The Morgan fingerprint density at radius 2 is 1.60 bits per heavy atom. The number of ether oxygens (including phenoxy) is 1. The van der Waals surface area contributed by atoms with E-state index in [-0.39, 0.29) is 0 Å². The Hall–Kier alpha value is -2.29. The summed E-state index contributed by atoms with van der Waals surface area (Å²) in [7, 11) is 0. The van der Waals surface area contributed by atoms with Gasteiger partial charge in [-0.1, -0.05) is 39.8 Å². The first kappa shape index (κ1) is 20.8. The molecule has 136 valence electrons. The zero-order valence-corrected chi connectivity index (χ0v) is 16.3. The van der Waals surface area contributed by atoms with E-state index in [4.69, 9.17) is 4.74 Å². The first-order valence-electron chi connectivity index (χ1n) is 9.08. The first-order chi connectivity index (χ1) is 12.0. The molecular weight excluding hydrogens is 312 g/mol. The second-order valence-electron chi connectivity index (χ2n) is 5.82. The molecule has 0 saturated carbocycles. The summed E-state index contributed by atoms with van der Waals surface area (Å²) in [6, 6.07) is 9.76. The van der Waals surface area contributed by atoms with Gasteiger partial charge in [-0.05, 0) is 72.7 Å². The number of carbonyl (C=O) groups is 1. The lowest BCUT2D eigenvalue weighted by atomic mass is 9.95. The number of carboxylic acids is 1. The van der Waals surface area contributed by atoms with Gasteiger partial charge in [0.2, 0.25) is 0 Å². The van der Waals surface area contributed by atoms with Crippen LogP contribution in [-0.4, -0.2) is 17.7 Å². The molecule has 3 heteroatoms. The van der Waals surface area contributed by atoms with Gasteiger partial charge in [0.25, 0.3) is 0 Å². The van der Waals surface area contributed by atoms with Gasteiger partial charge >= 0.3 is 5.97 Å². The van der Waals surface area contributed by atoms with Gasteiger partial charge in [-0.3, -0.25) is 0 Å². The summed E-state index contributed by atoms with van der Waals surface area (Å²) in [5, 5.41) is 9.25. The van der Waals surface area contributed by atoms with Crippen molar-refractivity contribution >= 4 is 5.97 Å². The van der Waals surface area contributed by atoms with Gasteiger partial charge < -0.3 is 9.84 Å². The van der Waals surface area contributed by atoms with Crippen molar-refractivity contribution < 1.29 is 14.6 Å². The van der Waals surface area contributed by atoms with Crippen molar-refractivity contribution in [2.24, 2.45) is 0 Å². The first-order valence-corrected chi connectivity index (χ1v) is 9.08. The van der Waals surface area contributed by atoms with Crippen LogP contribution < -0.4 is 4.74 Å². The molecule has 0 heterocycles. The Morgan fingerprint density at radius 1 is 1.00 bits per heavy atom. The number of rotatable bonds is 6. The molecule has 0 amide bonds. The maximum atomic E-state index is 11.3. The number of benzene rings is 2. The van der Waals surface area contributed by atoms with E-state index in [0.29, 0.717) is 18.6 Å². The molecule has 0 aliphatic heterocycles. The van der Waals surface area contributed by atoms with Crippen LogP contribution >= 0.6 is 0 Å². The van der Waals surface area contributed by atoms with E-state index in [1.807, 2.05) is 46.8 Å². The second-order valence-corrected chi connectivity index (χ2v) is 5.82. The van der Waals surface area contributed by atoms with Gasteiger partial charge in [-0.25, -0.2) is 4.79 Å². The third-order valence-electron chi connectivity index (χ3n) is 3.96. The fraction of sp³-hybridized carbons (Fsp3) is 0.409. The maximum absolute atomic E-state index is 11.3. The molecule has 0 bridgehead atoms. The molecule has 0 aromatic heterocycles. The lowest BCUT2D eigenvalue weighted by molar-refractivity contribution is 0.0696. The van der Waals surface area contributed by atoms with E-state index in [9.17, 15) is 9.90 Å². The summed E-state index contributed by atoms with van der Waals surface area (Å²) < 4.78 is 5.83. The number of hydrogen-bond acceptors (Lipinski definition) is 2. The van der Waals surface area contributed by atoms with Gasteiger partial charge in [0, 0.05) is 0 Å². The monoisotopic (exact) mass is 342 g/mol. The minimum absolute atomic E-state index is 0.382. The maximum Gasteiger partial charge on any atom is 0.335 e. The van der Waals surface area contributed by atoms with E-state index in [2.05, 4.69) is 19.1 Å². The Kier molecular flexibility index (Phi) is 8.20. The van der Waals surface area contributed by atoms with Crippen LogP contribution in [0, 0.1) is 13.8 Å². The highest BCUT2D eigenvalue weighted by atomic mass is 16.5. The topological polar surface area (TPSA) is 46.5 Å². The van der Waals surface area contributed by atoms with E-state index in [1.54, 1.807) is 6.07 Å². The molecule has 0 unspecified atom stereocenters. The second kappa shape index (κ2) is 9.87. The average molecular weight is 342 g/mol. The van der Waals surface area contributed by atoms with E-state index in [1.165, 1.54) is 0 Å². The average Bonchev–Trinajstić information content (AvgIpc) is 2.62. The highest BCUT2D eigenvalue weighted by molar-refractivity contribution is 5.90. The van der Waals surface area contributed by atoms with Crippen molar-refractivity contribution in [3.05, 3.63) is 52.6 Å². The van der Waals surface area contributed by atoms with E-state index in [0.717, 1.165) is 40.0 Å². The number of aryl methyl sites for hydroxylation is 3. The van der Waals surface area contributed by atoms with Crippen molar-refractivity contribution in [3.63, 3.8) is 0 Å². The van der Waals surface area contributed by atoms with E-state index >= 15 is 0 Å². The van der Waals surface area contributed by atoms with Crippen molar-refractivity contribution in [2.45, 2.75) is 54.4 Å². The Morgan fingerprint density at radius 3 is 2.08 bits per heavy atom. The number of aromatic carboxylic acids is 1. The zero-order chi connectivity index (χ0) is 19.0. The van der Waals surface area contributed by atoms with Crippen molar-refractivity contribution in [2.75, 3.05) is 6.61 Å². The fourth-order valence-electron chi connectivity index (χ4n) is 2.82.